The van der Waals surface area contributed by atoms with E-state index < -0.39 is 0 Å². The van der Waals surface area contributed by atoms with Gasteiger partial charge in [0.05, 0.1) is 0 Å². The second kappa shape index (κ2) is 9.41. The normalized spacial score (nSPS) is 12.1. The lowest BCUT2D eigenvalue weighted by Crippen LogP contribution is -2.10. The van der Waals surface area contributed by atoms with Gasteiger partial charge in [-0.05, 0) is 24.5 Å². The Hall–Kier alpha value is -2.62. The zero-order chi connectivity index (χ0) is 16.3. The summed E-state index contributed by atoms with van der Waals surface area (Å²) in [6.07, 6.45) is 0.735. The van der Waals surface area contributed by atoms with Gasteiger partial charge in [0.15, 0.2) is 0 Å². The number of rotatable bonds is 8. The maximum Gasteiger partial charge on any atom is 0.142 e. The monoisotopic (exact) mass is 310 g/mol. The van der Waals surface area contributed by atoms with E-state index in [0.717, 1.165) is 29.0 Å². The first-order valence-electron chi connectivity index (χ1n) is 7.73. The summed E-state index contributed by atoms with van der Waals surface area (Å²) in [7, 11) is 0. The second-order valence-corrected chi connectivity index (χ2v) is 5.09. The molecule has 2 aromatic carbocycles. The zero-order valence-electron chi connectivity index (χ0n) is 13.6. The Morgan fingerprint density at radius 2 is 1.26 bits per heavy atom. The summed E-state index contributed by atoms with van der Waals surface area (Å²) < 4.78 is 0. The Labute approximate surface area is 137 Å². The molecule has 0 saturated heterocycles. The average molecular weight is 310 g/mol. The Kier molecular flexibility index (Phi) is 6.85. The van der Waals surface area contributed by atoms with Crippen molar-refractivity contribution in [3.63, 3.8) is 0 Å². The molecule has 0 atom stereocenters. The minimum Gasteiger partial charge on any atom is -0.391 e. The molecule has 0 saturated carbocycles. The largest absolute Gasteiger partial charge is 0.391 e. The molecule has 120 valence electrons. The van der Waals surface area contributed by atoms with Crippen LogP contribution in [0.1, 0.15) is 31.4 Å². The first kappa shape index (κ1) is 16.7. The molecule has 0 unspecified atom stereocenters. The third-order valence-corrected chi connectivity index (χ3v) is 3.28. The van der Waals surface area contributed by atoms with E-state index >= 15 is 0 Å². The first-order valence-corrected chi connectivity index (χ1v) is 7.73. The van der Waals surface area contributed by atoms with Crippen LogP contribution < -0.4 is 0 Å². The molecule has 23 heavy (non-hydrogen) atoms. The Balaban J connectivity index is 1.85. The van der Waals surface area contributed by atoms with Gasteiger partial charge in [-0.2, -0.15) is 0 Å². The van der Waals surface area contributed by atoms with Crippen LogP contribution in [0.15, 0.2) is 71.0 Å². The molecule has 0 aliphatic heterocycles. The first-order chi connectivity index (χ1) is 11.3. The van der Waals surface area contributed by atoms with Gasteiger partial charge in [0, 0.05) is 0 Å². The predicted octanol–water partition coefficient (Wildman–Crippen LogP) is 4.56. The molecule has 0 N–H and O–H groups in total. The van der Waals surface area contributed by atoms with Gasteiger partial charge < -0.3 is 9.68 Å². The highest BCUT2D eigenvalue weighted by molar-refractivity contribution is 6.41. The highest BCUT2D eigenvalue weighted by Crippen LogP contribution is 2.04. The third-order valence-electron chi connectivity index (χ3n) is 3.28. The molecule has 0 heterocycles. The fourth-order valence-electron chi connectivity index (χ4n) is 1.98. The van der Waals surface area contributed by atoms with Crippen LogP contribution in [-0.4, -0.2) is 11.4 Å². The number of nitrogens with zero attached hydrogens (tertiary/aromatic N) is 2. The summed E-state index contributed by atoms with van der Waals surface area (Å²) in [4.78, 5) is 10.8. The minimum atomic E-state index is 0.444. The summed E-state index contributed by atoms with van der Waals surface area (Å²) in [6.45, 7) is 4.78. The molecular formula is C19H22N2O2. The van der Waals surface area contributed by atoms with Crippen molar-refractivity contribution in [2.45, 2.75) is 33.5 Å². The number of benzene rings is 2. The summed E-state index contributed by atoms with van der Waals surface area (Å²) in [6, 6.07) is 19.9. The Bertz CT molecular complexity index is 637. The van der Waals surface area contributed by atoms with Gasteiger partial charge in [-0.25, -0.2) is 0 Å². The van der Waals surface area contributed by atoms with E-state index in [-0.39, 0.29) is 0 Å². The lowest BCUT2D eigenvalue weighted by Gasteiger charge is -2.05. The van der Waals surface area contributed by atoms with E-state index in [2.05, 4.69) is 10.3 Å². The highest BCUT2D eigenvalue weighted by atomic mass is 16.6. The molecule has 0 bridgehead atoms. The number of oxime groups is 2. The fraction of sp³-hybridized carbons (Fsp3) is 0.263. The Morgan fingerprint density at radius 1 is 0.783 bits per heavy atom. The van der Waals surface area contributed by atoms with E-state index in [1.54, 1.807) is 0 Å². The molecule has 0 spiro atoms. The van der Waals surface area contributed by atoms with Gasteiger partial charge in [-0.3, -0.25) is 0 Å². The van der Waals surface area contributed by atoms with E-state index in [1.807, 2.05) is 74.5 Å². The van der Waals surface area contributed by atoms with Crippen LogP contribution in [0, 0.1) is 0 Å². The molecule has 4 heteroatoms. The third kappa shape index (κ3) is 5.94. The average Bonchev–Trinajstić information content (AvgIpc) is 2.60. The number of hydrogen-bond acceptors (Lipinski definition) is 4. The number of hydrogen-bond donors (Lipinski definition) is 0. The topological polar surface area (TPSA) is 43.2 Å². The molecule has 0 amide bonds. The summed E-state index contributed by atoms with van der Waals surface area (Å²) in [5.74, 6) is 0. The molecule has 2 aromatic rings. The molecule has 4 nitrogen and oxygen atoms in total. The van der Waals surface area contributed by atoms with Gasteiger partial charge in [0.25, 0.3) is 0 Å². The van der Waals surface area contributed by atoms with Crippen molar-refractivity contribution in [3.8, 4) is 0 Å². The van der Waals surface area contributed by atoms with Gasteiger partial charge >= 0.3 is 0 Å². The van der Waals surface area contributed by atoms with Crippen molar-refractivity contribution in [1.29, 1.82) is 0 Å². The van der Waals surface area contributed by atoms with Crippen molar-refractivity contribution < 1.29 is 9.68 Å². The van der Waals surface area contributed by atoms with Crippen LogP contribution in [0.3, 0.4) is 0 Å². The molecule has 0 radical (unpaired) electrons. The van der Waals surface area contributed by atoms with Crippen LogP contribution in [0.4, 0.5) is 0 Å². The minimum absolute atomic E-state index is 0.444. The zero-order valence-corrected chi connectivity index (χ0v) is 13.6. The second-order valence-electron chi connectivity index (χ2n) is 5.09. The molecule has 0 aromatic heterocycles. The van der Waals surface area contributed by atoms with Gasteiger partial charge in [-0.15, -0.1) is 0 Å². The predicted molar refractivity (Wildman–Crippen MR) is 93.3 cm³/mol. The fourth-order valence-corrected chi connectivity index (χ4v) is 1.98. The maximum atomic E-state index is 5.41. The Morgan fingerprint density at radius 3 is 1.74 bits per heavy atom. The quantitative estimate of drug-likeness (QED) is 0.530. The maximum absolute atomic E-state index is 5.41. The van der Waals surface area contributed by atoms with Gasteiger partial charge in [-0.1, -0.05) is 77.9 Å². The molecule has 0 aliphatic rings. The molecule has 0 fully saturated rings. The SMILES string of the molecule is CCC(=NOCc1ccccc1)C(C)=NOCc1ccccc1. The lowest BCUT2D eigenvalue weighted by molar-refractivity contribution is 0.127. The van der Waals surface area contributed by atoms with Crippen LogP contribution in [0.25, 0.3) is 0 Å². The summed E-state index contributed by atoms with van der Waals surface area (Å²) >= 11 is 0. The lowest BCUT2D eigenvalue weighted by atomic mass is 10.2. The van der Waals surface area contributed by atoms with Crippen LogP contribution in [0.2, 0.25) is 0 Å². The van der Waals surface area contributed by atoms with Crippen LogP contribution in [0.5, 0.6) is 0 Å². The highest BCUT2D eigenvalue weighted by Gasteiger charge is 2.03. The van der Waals surface area contributed by atoms with Crippen molar-refractivity contribution >= 4 is 11.4 Å². The van der Waals surface area contributed by atoms with E-state index in [1.165, 1.54) is 0 Å². The van der Waals surface area contributed by atoms with E-state index in [0.29, 0.717) is 13.2 Å². The molecule has 2 rings (SSSR count). The van der Waals surface area contributed by atoms with Crippen LogP contribution in [-0.2, 0) is 22.9 Å². The molecule has 0 aliphatic carbocycles. The van der Waals surface area contributed by atoms with Crippen molar-refractivity contribution in [3.05, 3.63) is 71.8 Å². The summed E-state index contributed by atoms with van der Waals surface area (Å²) in [5, 5.41) is 8.29. The van der Waals surface area contributed by atoms with Crippen molar-refractivity contribution in [1.82, 2.24) is 0 Å². The molecular weight excluding hydrogens is 288 g/mol. The van der Waals surface area contributed by atoms with Crippen molar-refractivity contribution in [2.75, 3.05) is 0 Å². The van der Waals surface area contributed by atoms with Gasteiger partial charge in [0.2, 0.25) is 0 Å². The van der Waals surface area contributed by atoms with Crippen LogP contribution >= 0.6 is 0 Å². The smallest absolute Gasteiger partial charge is 0.142 e. The standard InChI is InChI=1S/C19H22N2O2/c1-3-19(21-23-15-18-12-8-5-9-13-18)16(2)20-22-14-17-10-6-4-7-11-17/h4-13H,3,14-15H2,1-2H3. The van der Waals surface area contributed by atoms with Crippen molar-refractivity contribution in [2.24, 2.45) is 10.3 Å². The van der Waals surface area contributed by atoms with E-state index in [4.69, 9.17) is 9.68 Å². The van der Waals surface area contributed by atoms with Gasteiger partial charge in [0.1, 0.15) is 24.6 Å². The summed E-state index contributed by atoms with van der Waals surface area (Å²) in [5.41, 5.74) is 3.69. The van der Waals surface area contributed by atoms with E-state index in [9.17, 15) is 0 Å².